The van der Waals surface area contributed by atoms with Crippen LogP contribution >= 0.6 is 11.6 Å². The summed E-state index contributed by atoms with van der Waals surface area (Å²) in [5.41, 5.74) is 0.321. The molecular formula is C19H24ClNO4. The first-order valence-electron chi connectivity index (χ1n) is 8.54. The number of nitrogens with zero attached hydrogens (tertiary/aromatic N) is 1. The summed E-state index contributed by atoms with van der Waals surface area (Å²) in [6.07, 6.45) is 3.07. The zero-order valence-corrected chi connectivity index (χ0v) is 15.6. The largest absolute Gasteiger partial charge is 0.507 e. The van der Waals surface area contributed by atoms with E-state index < -0.39 is 5.97 Å². The molecule has 1 aliphatic heterocycles. The highest BCUT2D eigenvalue weighted by atomic mass is 35.5. The first-order chi connectivity index (χ1) is 11.6. The molecule has 1 saturated heterocycles. The van der Waals surface area contributed by atoms with Gasteiger partial charge in [0.1, 0.15) is 11.3 Å². The Morgan fingerprint density at radius 1 is 1.32 bits per heavy atom. The van der Waals surface area contributed by atoms with Crippen molar-refractivity contribution in [1.29, 1.82) is 0 Å². The van der Waals surface area contributed by atoms with Gasteiger partial charge in [-0.3, -0.25) is 4.79 Å². The van der Waals surface area contributed by atoms with Gasteiger partial charge in [0.15, 0.2) is 6.61 Å². The average molecular weight is 366 g/mol. The summed E-state index contributed by atoms with van der Waals surface area (Å²) in [6.45, 7) is 7.10. The second kappa shape index (κ2) is 6.20. The second-order valence-electron chi connectivity index (χ2n) is 8.47. The first kappa shape index (κ1) is 18.1. The molecule has 1 heterocycles. The maximum Gasteiger partial charge on any atom is 0.342 e. The number of aromatic hydroxyl groups is 1. The molecule has 0 radical (unpaired) electrons. The third-order valence-corrected chi connectivity index (χ3v) is 5.48. The lowest BCUT2D eigenvalue weighted by molar-refractivity contribution is -0.135. The number of benzene rings is 1. The molecule has 2 fully saturated rings. The standard InChI is InChI=1S/C19H24ClNO4/c1-18(2)7-13-8-19(3,10-18)11-21(13)16(23)9-25-17(24)14-6-12(20)4-5-15(14)22/h4-6,13,22H,7-11H2,1-3H3. The van der Waals surface area contributed by atoms with Crippen molar-refractivity contribution >= 4 is 23.5 Å². The minimum Gasteiger partial charge on any atom is -0.507 e. The van der Waals surface area contributed by atoms with E-state index in [2.05, 4.69) is 20.8 Å². The summed E-state index contributed by atoms with van der Waals surface area (Å²) in [4.78, 5) is 26.6. The summed E-state index contributed by atoms with van der Waals surface area (Å²) < 4.78 is 5.12. The molecule has 3 rings (SSSR count). The molecule has 1 aromatic rings. The van der Waals surface area contributed by atoms with Crippen molar-refractivity contribution in [3.05, 3.63) is 28.8 Å². The number of phenolic OH excluding ortho intramolecular Hbond substituents is 1. The van der Waals surface area contributed by atoms with Crippen molar-refractivity contribution in [2.24, 2.45) is 10.8 Å². The van der Waals surface area contributed by atoms with E-state index in [-0.39, 0.29) is 40.7 Å². The van der Waals surface area contributed by atoms with Gasteiger partial charge in [0.25, 0.3) is 5.91 Å². The molecule has 136 valence electrons. The predicted octanol–water partition coefficient (Wildman–Crippen LogP) is 3.63. The molecule has 6 heteroatoms. The number of ether oxygens (including phenoxy) is 1. The fraction of sp³-hybridized carbons (Fsp3) is 0.579. The molecule has 5 nitrogen and oxygen atoms in total. The van der Waals surface area contributed by atoms with Crippen molar-refractivity contribution in [2.45, 2.75) is 46.1 Å². The van der Waals surface area contributed by atoms with Gasteiger partial charge in [-0.25, -0.2) is 4.79 Å². The Kier molecular flexibility index (Phi) is 4.48. The number of carbonyl (C=O) groups excluding carboxylic acids is 2. The van der Waals surface area contributed by atoms with Crippen LogP contribution in [0.2, 0.25) is 5.02 Å². The molecule has 1 aromatic carbocycles. The summed E-state index contributed by atoms with van der Waals surface area (Å²) in [5, 5.41) is 10.1. The van der Waals surface area contributed by atoms with Gasteiger partial charge in [-0.05, 0) is 48.3 Å². The number of esters is 1. The summed E-state index contributed by atoms with van der Waals surface area (Å²) in [7, 11) is 0. The van der Waals surface area contributed by atoms with Gasteiger partial charge in [0.2, 0.25) is 0 Å². The number of likely N-dealkylation sites (tertiary alicyclic amines) is 1. The zero-order valence-electron chi connectivity index (χ0n) is 14.8. The molecular weight excluding hydrogens is 342 g/mol. The summed E-state index contributed by atoms with van der Waals surface area (Å²) >= 11 is 5.84. The minimum atomic E-state index is -0.748. The van der Waals surface area contributed by atoms with E-state index >= 15 is 0 Å². The van der Waals surface area contributed by atoms with E-state index in [0.29, 0.717) is 11.6 Å². The lowest BCUT2D eigenvalue weighted by Crippen LogP contribution is -2.39. The molecule has 1 amide bonds. The monoisotopic (exact) mass is 365 g/mol. The van der Waals surface area contributed by atoms with Gasteiger partial charge in [-0.2, -0.15) is 0 Å². The molecule has 1 aliphatic carbocycles. The van der Waals surface area contributed by atoms with Crippen LogP contribution in [-0.2, 0) is 9.53 Å². The highest BCUT2D eigenvalue weighted by Gasteiger charge is 2.50. The van der Waals surface area contributed by atoms with Gasteiger partial charge in [0.05, 0.1) is 0 Å². The van der Waals surface area contributed by atoms with E-state index in [1.54, 1.807) is 0 Å². The fourth-order valence-corrected chi connectivity index (χ4v) is 4.88. The van der Waals surface area contributed by atoms with E-state index in [0.717, 1.165) is 19.3 Å². The number of hydrogen-bond acceptors (Lipinski definition) is 4. The maximum atomic E-state index is 12.6. The smallest absolute Gasteiger partial charge is 0.342 e. The van der Waals surface area contributed by atoms with Crippen LogP contribution in [0.15, 0.2) is 18.2 Å². The third-order valence-electron chi connectivity index (χ3n) is 5.24. The van der Waals surface area contributed by atoms with E-state index in [1.165, 1.54) is 18.2 Å². The maximum absolute atomic E-state index is 12.6. The van der Waals surface area contributed by atoms with Crippen molar-refractivity contribution in [3.63, 3.8) is 0 Å². The number of rotatable bonds is 3. The van der Waals surface area contributed by atoms with Crippen LogP contribution in [0.1, 0.15) is 50.4 Å². The fourth-order valence-electron chi connectivity index (χ4n) is 4.71. The lowest BCUT2D eigenvalue weighted by atomic mass is 9.65. The summed E-state index contributed by atoms with van der Waals surface area (Å²) in [5.74, 6) is -1.14. The first-order valence-corrected chi connectivity index (χ1v) is 8.92. The van der Waals surface area contributed by atoms with Crippen LogP contribution in [0.25, 0.3) is 0 Å². The van der Waals surface area contributed by atoms with Crippen LogP contribution in [0.3, 0.4) is 0 Å². The third kappa shape index (κ3) is 3.76. The van der Waals surface area contributed by atoms with E-state index in [1.807, 2.05) is 4.90 Å². The molecule has 0 spiro atoms. The van der Waals surface area contributed by atoms with Gasteiger partial charge < -0.3 is 14.7 Å². The molecule has 25 heavy (non-hydrogen) atoms. The van der Waals surface area contributed by atoms with Gasteiger partial charge in [-0.1, -0.05) is 32.4 Å². The molecule has 0 aromatic heterocycles. The normalized spacial score (nSPS) is 27.2. The van der Waals surface area contributed by atoms with Crippen LogP contribution in [0.5, 0.6) is 5.75 Å². The van der Waals surface area contributed by atoms with Crippen molar-refractivity contribution in [1.82, 2.24) is 4.90 Å². The van der Waals surface area contributed by atoms with Crippen LogP contribution < -0.4 is 0 Å². The number of halogens is 1. The zero-order chi connectivity index (χ0) is 18.4. The second-order valence-corrected chi connectivity index (χ2v) is 8.91. The number of fused-ring (bicyclic) bond motifs is 2. The predicted molar refractivity (Wildman–Crippen MR) is 94.6 cm³/mol. The average Bonchev–Trinajstić information content (AvgIpc) is 2.76. The molecule has 2 unspecified atom stereocenters. The topological polar surface area (TPSA) is 66.8 Å². The van der Waals surface area contributed by atoms with Crippen molar-refractivity contribution in [3.8, 4) is 5.75 Å². The van der Waals surface area contributed by atoms with Gasteiger partial charge in [0, 0.05) is 17.6 Å². The number of phenols is 1. The Balaban J connectivity index is 1.64. The Bertz CT molecular complexity index is 717. The Morgan fingerprint density at radius 2 is 2.04 bits per heavy atom. The van der Waals surface area contributed by atoms with Crippen LogP contribution in [0.4, 0.5) is 0 Å². The van der Waals surface area contributed by atoms with Crippen LogP contribution in [0, 0.1) is 10.8 Å². The van der Waals surface area contributed by atoms with E-state index in [4.69, 9.17) is 16.3 Å². The number of amides is 1. The Labute approximate surface area is 152 Å². The number of carbonyl (C=O) groups is 2. The SMILES string of the molecule is CC1(C)CC2CC(C)(CN2C(=O)COC(=O)c2cc(Cl)ccc2O)C1. The van der Waals surface area contributed by atoms with Gasteiger partial charge in [-0.15, -0.1) is 0 Å². The molecule has 1 N–H and O–H groups in total. The molecule has 2 bridgehead atoms. The molecule has 2 aliphatic rings. The van der Waals surface area contributed by atoms with E-state index in [9.17, 15) is 14.7 Å². The Hall–Kier alpha value is -1.75. The highest BCUT2D eigenvalue weighted by Crippen LogP contribution is 2.52. The van der Waals surface area contributed by atoms with Crippen molar-refractivity contribution in [2.75, 3.05) is 13.2 Å². The minimum absolute atomic E-state index is 0.0337. The Morgan fingerprint density at radius 3 is 2.76 bits per heavy atom. The summed E-state index contributed by atoms with van der Waals surface area (Å²) in [6, 6.07) is 4.34. The molecule has 2 atom stereocenters. The highest BCUT2D eigenvalue weighted by molar-refractivity contribution is 6.31. The molecule has 1 saturated carbocycles. The van der Waals surface area contributed by atoms with Crippen molar-refractivity contribution < 1.29 is 19.4 Å². The van der Waals surface area contributed by atoms with Crippen LogP contribution in [-0.4, -0.2) is 41.1 Å². The quantitative estimate of drug-likeness (QED) is 0.830. The van der Waals surface area contributed by atoms with Gasteiger partial charge >= 0.3 is 5.97 Å². The lowest BCUT2D eigenvalue weighted by Gasteiger charge is -2.39. The number of hydrogen-bond donors (Lipinski definition) is 1.